The highest BCUT2D eigenvalue weighted by Gasteiger charge is 2.17. The third-order valence-corrected chi connectivity index (χ3v) is 3.01. The highest BCUT2D eigenvalue weighted by atomic mass is 19.1. The highest BCUT2D eigenvalue weighted by molar-refractivity contribution is 5.99. The summed E-state index contributed by atoms with van der Waals surface area (Å²) in [5.74, 6) is 0.152. The van der Waals surface area contributed by atoms with Gasteiger partial charge in [0.05, 0.1) is 0 Å². The second-order valence-electron chi connectivity index (χ2n) is 4.95. The average Bonchev–Trinajstić information content (AvgIpc) is 2.37. The van der Waals surface area contributed by atoms with Gasteiger partial charge in [0.25, 0.3) is 0 Å². The Bertz CT molecular complexity index is 597. The number of hydrogen-bond acceptors (Lipinski definition) is 2. The van der Waals surface area contributed by atoms with E-state index in [4.69, 9.17) is 4.74 Å². The van der Waals surface area contributed by atoms with Gasteiger partial charge in [-0.25, -0.2) is 4.39 Å². The van der Waals surface area contributed by atoms with Crippen LogP contribution in [0.3, 0.4) is 0 Å². The van der Waals surface area contributed by atoms with Gasteiger partial charge < -0.3 is 4.74 Å². The topological polar surface area (TPSA) is 26.3 Å². The van der Waals surface area contributed by atoms with Crippen LogP contribution in [-0.2, 0) is 0 Å². The standard InChI is InChI=1S/C17H17FO2/c1-11-8-12(2)10-16(9-11)20-13(3)17(19)14-4-6-15(18)7-5-14/h4-10,13H,1-3H3. The minimum atomic E-state index is -0.610. The minimum Gasteiger partial charge on any atom is -0.483 e. The van der Waals surface area contributed by atoms with Crippen molar-refractivity contribution in [2.24, 2.45) is 0 Å². The molecule has 2 aromatic carbocycles. The lowest BCUT2D eigenvalue weighted by atomic mass is 10.1. The lowest BCUT2D eigenvalue weighted by Gasteiger charge is -2.14. The van der Waals surface area contributed by atoms with Gasteiger partial charge in [0.15, 0.2) is 6.10 Å². The van der Waals surface area contributed by atoms with Crippen LogP contribution in [0.15, 0.2) is 42.5 Å². The summed E-state index contributed by atoms with van der Waals surface area (Å²) in [5.41, 5.74) is 2.62. The van der Waals surface area contributed by atoms with E-state index in [2.05, 4.69) is 0 Å². The van der Waals surface area contributed by atoms with Crippen molar-refractivity contribution < 1.29 is 13.9 Å². The fourth-order valence-corrected chi connectivity index (χ4v) is 2.11. The van der Waals surface area contributed by atoms with E-state index < -0.39 is 6.10 Å². The largest absolute Gasteiger partial charge is 0.483 e. The molecule has 0 saturated heterocycles. The van der Waals surface area contributed by atoms with Crippen LogP contribution in [0.4, 0.5) is 4.39 Å². The third kappa shape index (κ3) is 3.44. The lowest BCUT2D eigenvalue weighted by Crippen LogP contribution is -2.24. The van der Waals surface area contributed by atoms with Crippen LogP contribution >= 0.6 is 0 Å². The fraction of sp³-hybridized carbons (Fsp3) is 0.235. The summed E-state index contributed by atoms with van der Waals surface area (Å²) in [6.07, 6.45) is -0.610. The average molecular weight is 272 g/mol. The number of aryl methyl sites for hydroxylation is 2. The van der Waals surface area contributed by atoms with Crippen molar-refractivity contribution in [3.05, 3.63) is 65.0 Å². The summed E-state index contributed by atoms with van der Waals surface area (Å²) in [7, 11) is 0. The Balaban J connectivity index is 2.13. The van der Waals surface area contributed by atoms with Crippen LogP contribution in [-0.4, -0.2) is 11.9 Å². The number of benzene rings is 2. The monoisotopic (exact) mass is 272 g/mol. The van der Waals surface area contributed by atoms with Crippen LogP contribution in [0, 0.1) is 19.7 Å². The first-order chi connectivity index (χ1) is 9.45. The van der Waals surface area contributed by atoms with E-state index in [0.717, 1.165) is 11.1 Å². The van der Waals surface area contributed by atoms with Crippen molar-refractivity contribution in [3.8, 4) is 5.75 Å². The number of ketones is 1. The van der Waals surface area contributed by atoms with E-state index in [0.29, 0.717) is 11.3 Å². The Morgan fingerprint density at radius 1 is 1.05 bits per heavy atom. The number of rotatable bonds is 4. The molecule has 0 spiro atoms. The zero-order valence-corrected chi connectivity index (χ0v) is 11.8. The molecule has 0 heterocycles. The second kappa shape index (κ2) is 5.87. The number of hydrogen-bond donors (Lipinski definition) is 0. The van der Waals surface area contributed by atoms with Crippen LogP contribution in [0.5, 0.6) is 5.75 Å². The molecule has 2 aromatic rings. The maximum absolute atomic E-state index is 12.8. The molecule has 0 aliphatic heterocycles. The van der Waals surface area contributed by atoms with E-state index in [9.17, 15) is 9.18 Å². The number of carbonyl (C=O) groups excluding carboxylic acids is 1. The predicted octanol–water partition coefficient (Wildman–Crippen LogP) is 4.09. The molecule has 3 heteroatoms. The molecular weight excluding hydrogens is 255 g/mol. The number of Topliss-reactive ketones (excluding diaryl/α,β-unsaturated/α-hetero) is 1. The van der Waals surface area contributed by atoms with Crippen LogP contribution in [0.2, 0.25) is 0 Å². The summed E-state index contributed by atoms with van der Waals surface area (Å²) in [4.78, 5) is 12.2. The summed E-state index contributed by atoms with van der Waals surface area (Å²) in [5, 5.41) is 0. The van der Waals surface area contributed by atoms with Crippen molar-refractivity contribution in [2.75, 3.05) is 0 Å². The third-order valence-electron chi connectivity index (χ3n) is 3.01. The first kappa shape index (κ1) is 14.3. The zero-order valence-electron chi connectivity index (χ0n) is 11.8. The molecule has 0 bridgehead atoms. The summed E-state index contributed by atoms with van der Waals surface area (Å²) < 4.78 is 18.5. The number of halogens is 1. The van der Waals surface area contributed by atoms with E-state index in [-0.39, 0.29) is 11.6 Å². The maximum Gasteiger partial charge on any atom is 0.202 e. The van der Waals surface area contributed by atoms with Crippen LogP contribution < -0.4 is 4.74 Å². The van der Waals surface area contributed by atoms with E-state index >= 15 is 0 Å². The van der Waals surface area contributed by atoms with Crippen molar-refractivity contribution in [2.45, 2.75) is 26.9 Å². The molecule has 0 fully saturated rings. The van der Waals surface area contributed by atoms with Gasteiger partial charge >= 0.3 is 0 Å². The van der Waals surface area contributed by atoms with Crippen molar-refractivity contribution >= 4 is 5.78 Å². The second-order valence-corrected chi connectivity index (χ2v) is 4.95. The molecule has 0 N–H and O–H groups in total. The van der Waals surface area contributed by atoms with Crippen LogP contribution in [0.1, 0.15) is 28.4 Å². The summed E-state index contributed by atoms with van der Waals surface area (Å²) in [6, 6.07) is 11.3. The normalized spacial score (nSPS) is 12.0. The Morgan fingerprint density at radius 3 is 2.15 bits per heavy atom. The first-order valence-electron chi connectivity index (χ1n) is 6.50. The van der Waals surface area contributed by atoms with Gasteiger partial charge in [-0.1, -0.05) is 6.07 Å². The molecule has 0 amide bonds. The lowest BCUT2D eigenvalue weighted by molar-refractivity contribution is 0.0818. The molecular formula is C17H17FO2. The molecule has 104 valence electrons. The first-order valence-corrected chi connectivity index (χ1v) is 6.50. The van der Waals surface area contributed by atoms with Gasteiger partial charge in [0.1, 0.15) is 11.6 Å². The van der Waals surface area contributed by atoms with Gasteiger partial charge in [-0.05, 0) is 68.3 Å². The van der Waals surface area contributed by atoms with E-state index in [1.807, 2.05) is 32.0 Å². The Kier molecular flexibility index (Phi) is 4.18. The molecule has 0 aliphatic rings. The van der Waals surface area contributed by atoms with Gasteiger partial charge in [0.2, 0.25) is 5.78 Å². The minimum absolute atomic E-state index is 0.163. The van der Waals surface area contributed by atoms with Gasteiger partial charge in [-0.3, -0.25) is 4.79 Å². The van der Waals surface area contributed by atoms with Crippen molar-refractivity contribution in [1.82, 2.24) is 0 Å². The Labute approximate surface area is 118 Å². The van der Waals surface area contributed by atoms with Crippen molar-refractivity contribution in [3.63, 3.8) is 0 Å². The molecule has 2 rings (SSSR count). The van der Waals surface area contributed by atoms with Gasteiger partial charge in [-0.2, -0.15) is 0 Å². The van der Waals surface area contributed by atoms with Crippen LogP contribution in [0.25, 0.3) is 0 Å². The molecule has 0 aliphatic carbocycles. The quantitative estimate of drug-likeness (QED) is 0.783. The Morgan fingerprint density at radius 2 is 1.60 bits per heavy atom. The van der Waals surface area contributed by atoms with E-state index in [1.165, 1.54) is 24.3 Å². The molecule has 2 nitrogen and oxygen atoms in total. The van der Waals surface area contributed by atoms with Gasteiger partial charge in [0, 0.05) is 5.56 Å². The Hall–Kier alpha value is -2.16. The number of carbonyl (C=O) groups is 1. The smallest absolute Gasteiger partial charge is 0.202 e. The predicted molar refractivity (Wildman–Crippen MR) is 76.7 cm³/mol. The SMILES string of the molecule is Cc1cc(C)cc(OC(C)C(=O)c2ccc(F)cc2)c1. The van der Waals surface area contributed by atoms with Gasteiger partial charge in [-0.15, -0.1) is 0 Å². The molecule has 1 atom stereocenters. The molecule has 1 unspecified atom stereocenters. The molecule has 20 heavy (non-hydrogen) atoms. The fourth-order valence-electron chi connectivity index (χ4n) is 2.11. The summed E-state index contributed by atoms with van der Waals surface area (Å²) >= 11 is 0. The summed E-state index contributed by atoms with van der Waals surface area (Å²) in [6.45, 7) is 5.65. The zero-order chi connectivity index (χ0) is 14.7. The molecule has 0 radical (unpaired) electrons. The molecule has 0 aromatic heterocycles. The molecule has 0 saturated carbocycles. The maximum atomic E-state index is 12.8. The highest BCUT2D eigenvalue weighted by Crippen LogP contribution is 2.19. The van der Waals surface area contributed by atoms with E-state index in [1.54, 1.807) is 6.92 Å². The number of ether oxygens (including phenoxy) is 1. The van der Waals surface area contributed by atoms with Crippen molar-refractivity contribution in [1.29, 1.82) is 0 Å².